The summed E-state index contributed by atoms with van der Waals surface area (Å²) in [6.07, 6.45) is 2.39. The van der Waals surface area contributed by atoms with Gasteiger partial charge in [0.05, 0.1) is 17.2 Å². The van der Waals surface area contributed by atoms with E-state index in [0.717, 1.165) is 55.0 Å². The third-order valence-electron chi connectivity index (χ3n) is 6.41. The zero-order valence-electron chi connectivity index (χ0n) is 20.2. The van der Waals surface area contributed by atoms with Crippen LogP contribution in [0.2, 0.25) is 0 Å². The molecule has 0 spiro atoms. The maximum Gasteiger partial charge on any atom is 0.239 e. The molecule has 35 heavy (non-hydrogen) atoms. The van der Waals surface area contributed by atoms with E-state index in [0.29, 0.717) is 0 Å². The molecule has 2 aromatic heterocycles. The van der Waals surface area contributed by atoms with Gasteiger partial charge in [-0.25, -0.2) is 18.9 Å². The molecule has 0 radical (unpaired) electrons. The number of anilines is 4. The van der Waals surface area contributed by atoms with Crippen LogP contribution in [0.25, 0.3) is 17.0 Å². The van der Waals surface area contributed by atoms with Crippen molar-refractivity contribution in [3.8, 4) is 5.95 Å². The highest BCUT2D eigenvalue weighted by Crippen LogP contribution is 2.25. The second-order valence-electron chi connectivity index (χ2n) is 9.34. The molecule has 4 aromatic rings. The third kappa shape index (κ3) is 5.05. The minimum Gasteiger partial charge on any atom is -0.369 e. The van der Waals surface area contributed by atoms with Crippen LogP contribution in [0.3, 0.4) is 0 Å². The number of nitrogen functional groups attached to an aromatic ring is 1. The fourth-order valence-corrected chi connectivity index (χ4v) is 4.37. The molecule has 1 saturated heterocycles. The van der Waals surface area contributed by atoms with Gasteiger partial charge in [-0.1, -0.05) is 26.0 Å². The molecule has 0 aliphatic carbocycles. The van der Waals surface area contributed by atoms with E-state index in [9.17, 15) is 4.39 Å². The Morgan fingerprint density at radius 3 is 2.49 bits per heavy atom. The zero-order chi connectivity index (χ0) is 24.4. The Kier molecular flexibility index (Phi) is 6.50. The van der Waals surface area contributed by atoms with Gasteiger partial charge in [0.1, 0.15) is 0 Å². The average Bonchev–Trinajstić information content (AvgIpc) is 3.20. The molecule has 0 saturated carbocycles. The number of benzene rings is 2. The highest BCUT2D eigenvalue weighted by molar-refractivity contribution is 5.80. The van der Waals surface area contributed by atoms with Crippen LogP contribution in [0.5, 0.6) is 0 Å². The van der Waals surface area contributed by atoms with Crippen LogP contribution in [0.4, 0.5) is 27.5 Å². The number of imidazole rings is 1. The zero-order valence-corrected chi connectivity index (χ0v) is 20.2. The van der Waals surface area contributed by atoms with Gasteiger partial charge in [-0.3, -0.25) is 4.90 Å². The van der Waals surface area contributed by atoms with Gasteiger partial charge < -0.3 is 16.0 Å². The van der Waals surface area contributed by atoms with E-state index in [1.807, 2.05) is 36.4 Å². The summed E-state index contributed by atoms with van der Waals surface area (Å²) in [6.45, 7) is 9.89. The minimum atomic E-state index is -0.543. The van der Waals surface area contributed by atoms with E-state index < -0.39 is 5.82 Å². The average molecular weight is 475 g/mol. The smallest absolute Gasteiger partial charge is 0.239 e. The van der Waals surface area contributed by atoms with E-state index >= 15 is 0 Å². The molecule has 3 heterocycles. The van der Waals surface area contributed by atoms with Gasteiger partial charge in [0.25, 0.3) is 0 Å². The van der Waals surface area contributed by atoms with Crippen molar-refractivity contribution in [3.63, 3.8) is 0 Å². The molecular weight excluding hydrogens is 443 g/mol. The lowest BCUT2D eigenvalue weighted by atomic mass is 10.1. The maximum absolute atomic E-state index is 14.6. The Bertz CT molecular complexity index is 1290. The van der Waals surface area contributed by atoms with Gasteiger partial charge in [-0.15, -0.1) is 0 Å². The number of hydrogen-bond acceptors (Lipinski definition) is 7. The minimum absolute atomic E-state index is 0.0821. The number of nitrogens with zero attached hydrogens (tertiary/aromatic N) is 6. The molecule has 2 aromatic carbocycles. The number of nitrogens with one attached hydrogen (secondary N) is 1. The Hall–Kier alpha value is -3.72. The van der Waals surface area contributed by atoms with Crippen LogP contribution < -0.4 is 16.0 Å². The molecule has 1 fully saturated rings. The first-order valence-corrected chi connectivity index (χ1v) is 12.1. The fraction of sp³-hybridized carbons (Fsp3) is 0.346. The monoisotopic (exact) mass is 474 g/mol. The molecule has 0 atom stereocenters. The number of aromatic nitrogens is 4. The van der Waals surface area contributed by atoms with Gasteiger partial charge in [0, 0.05) is 37.6 Å². The summed E-state index contributed by atoms with van der Waals surface area (Å²) in [5, 5.41) is 3.08. The molecule has 182 valence electrons. The molecule has 0 unspecified atom stereocenters. The molecule has 8 nitrogen and oxygen atoms in total. The first-order chi connectivity index (χ1) is 17.0. The van der Waals surface area contributed by atoms with Gasteiger partial charge in [0.2, 0.25) is 11.9 Å². The van der Waals surface area contributed by atoms with Gasteiger partial charge in [-0.05, 0) is 55.3 Å². The van der Waals surface area contributed by atoms with Crippen LogP contribution >= 0.6 is 0 Å². The second kappa shape index (κ2) is 9.87. The predicted octanol–water partition coefficient (Wildman–Crippen LogP) is 4.45. The summed E-state index contributed by atoms with van der Waals surface area (Å²) in [5.74, 6) is 0.780. The third-order valence-corrected chi connectivity index (χ3v) is 6.41. The molecule has 0 bridgehead atoms. The topological polar surface area (TPSA) is 88.1 Å². The van der Waals surface area contributed by atoms with Gasteiger partial charge in [0.15, 0.2) is 11.6 Å². The molecule has 3 N–H and O–H groups in total. The molecule has 1 aliphatic rings. The highest BCUT2D eigenvalue weighted by Gasteiger charge is 2.18. The predicted molar refractivity (Wildman–Crippen MR) is 139 cm³/mol. The van der Waals surface area contributed by atoms with Crippen molar-refractivity contribution in [2.45, 2.75) is 20.3 Å². The first-order valence-electron chi connectivity index (χ1n) is 12.1. The van der Waals surface area contributed by atoms with Crippen molar-refractivity contribution in [2.75, 3.05) is 48.7 Å². The standard InChI is InChI=1S/C26H31FN8/c1-18(2)11-12-33-13-15-34(16-14-33)20-9-7-19(8-10-20)30-24-21(27)17-29-26(32-24)35-23-6-4-3-5-22(23)31-25(35)28/h3-10,17-18H,11-16H2,1-2H3,(H2,28,31)(H,29,30,32). The number of halogens is 1. The van der Waals surface area contributed by atoms with Crippen LogP contribution in [0.1, 0.15) is 20.3 Å². The summed E-state index contributed by atoms with van der Waals surface area (Å²) in [5.41, 5.74) is 9.50. The van der Waals surface area contributed by atoms with Crippen LogP contribution in [0, 0.1) is 11.7 Å². The van der Waals surface area contributed by atoms with Crippen LogP contribution in [-0.2, 0) is 0 Å². The van der Waals surface area contributed by atoms with Crippen LogP contribution in [0.15, 0.2) is 54.7 Å². The Morgan fingerprint density at radius 2 is 1.74 bits per heavy atom. The number of fused-ring (bicyclic) bond motifs is 1. The van der Waals surface area contributed by atoms with Crippen molar-refractivity contribution >= 4 is 34.2 Å². The number of nitrogens with two attached hydrogens (primary N) is 1. The van der Waals surface area contributed by atoms with Crippen molar-refractivity contribution in [3.05, 3.63) is 60.5 Å². The van der Waals surface area contributed by atoms with Crippen molar-refractivity contribution in [1.82, 2.24) is 24.4 Å². The normalized spacial score (nSPS) is 14.7. The van der Waals surface area contributed by atoms with Crippen molar-refractivity contribution < 1.29 is 4.39 Å². The number of hydrogen-bond donors (Lipinski definition) is 2. The van der Waals surface area contributed by atoms with E-state index in [-0.39, 0.29) is 17.7 Å². The van der Waals surface area contributed by atoms with E-state index in [1.54, 1.807) is 4.57 Å². The highest BCUT2D eigenvalue weighted by atomic mass is 19.1. The Morgan fingerprint density at radius 1 is 1.00 bits per heavy atom. The Labute approximate surface area is 204 Å². The lowest BCUT2D eigenvalue weighted by Crippen LogP contribution is -2.46. The summed E-state index contributed by atoms with van der Waals surface area (Å²) in [7, 11) is 0. The lowest BCUT2D eigenvalue weighted by Gasteiger charge is -2.36. The summed E-state index contributed by atoms with van der Waals surface area (Å²) in [4.78, 5) is 17.8. The second-order valence-corrected chi connectivity index (χ2v) is 9.34. The number of piperazine rings is 1. The summed E-state index contributed by atoms with van der Waals surface area (Å²) in [6, 6.07) is 15.5. The molecule has 0 amide bonds. The first kappa shape index (κ1) is 23.0. The maximum atomic E-state index is 14.6. The van der Waals surface area contributed by atoms with Crippen molar-refractivity contribution in [1.29, 1.82) is 0 Å². The molecule has 5 rings (SSSR count). The van der Waals surface area contributed by atoms with Crippen LogP contribution in [-0.4, -0.2) is 57.1 Å². The summed E-state index contributed by atoms with van der Waals surface area (Å²) < 4.78 is 16.2. The van der Waals surface area contributed by atoms with Gasteiger partial charge in [-0.2, -0.15) is 4.98 Å². The molecule has 1 aliphatic heterocycles. The number of rotatable bonds is 7. The van der Waals surface area contributed by atoms with Gasteiger partial charge >= 0.3 is 0 Å². The van der Waals surface area contributed by atoms with E-state index in [2.05, 4.69) is 56.0 Å². The fourth-order valence-electron chi connectivity index (χ4n) is 4.37. The largest absolute Gasteiger partial charge is 0.369 e. The lowest BCUT2D eigenvalue weighted by molar-refractivity contribution is 0.244. The van der Waals surface area contributed by atoms with E-state index in [4.69, 9.17) is 5.73 Å². The number of para-hydroxylation sites is 2. The molecular formula is C26H31FN8. The van der Waals surface area contributed by atoms with E-state index in [1.165, 1.54) is 18.7 Å². The summed E-state index contributed by atoms with van der Waals surface area (Å²) >= 11 is 0. The Balaban J connectivity index is 1.28. The molecule has 9 heteroatoms. The quantitative estimate of drug-likeness (QED) is 0.409. The SMILES string of the molecule is CC(C)CCN1CCN(c2ccc(Nc3nc(-n4c(N)nc5ccccc54)ncc3F)cc2)CC1. The van der Waals surface area contributed by atoms with Crippen molar-refractivity contribution in [2.24, 2.45) is 5.92 Å².